The van der Waals surface area contributed by atoms with E-state index in [2.05, 4.69) is 9.73 Å². The lowest BCUT2D eigenvalue weighted by molar-refractivity contribution is 0.134. The predicted octanol–water partition coefficient (Wildman–Crippen LogP) is 0.412. The van der Waals surface area contributed by atoms with Gasteiger partial charge in [-0.2, -0.15) is 0 Å². The van der Waals surface area contributed by atoms with Crippen LogP contribution in [0.4, 0.5) is 4.39 Å². The van der Waals surface area contributed by atoms with E-state index in [1.54, 1.807) is 0 Å². The highest BCUT2D eigenvalue weighted by molar-refractivity contribution is 7.89. The number of hydrogen-bond acceptors (Lipinski definition) is 5. The molecular weight excluding hydrogens is 321 g/mol. The summed E-state index contributed by atoms with van der Waals surface area (Å²) in [7, 11) is -2.14. The summed E-state index contributed by atoms with van der Waals surface area (Å²) in [5, 5.41) is 10.6. The van der Waals surface area contributed by atoms with E-state index in [1.807, 2.05) is 7.05 Å². The highest BCUT2D eigenvalue weighted by atomic mass is 35.5. The first-order valence-electron chi connectivity index (χ1n) is 6.38. The van der Waals surface area contributed by atoms with Crippen LogP contribution in [0.15, 0.2) is 17.0 Å². The monoisotopic (exact) mass is 337 g/mol. The van der Waals surface area contributed by atoms with Gasteiger partial charge in [-0.1, -0.05) is 11.6 Å². The number of likely N-dealkylation sites (N-methyl/N-ethyl adjacent to an activating group) is 1. The smallest absolute Gasteiger partial charge is 0.256 e. The number of hydrazine groups is 1. The highest BCUT2D eigenvalue weighted by Gasteiger charge is 2.26. The lowest BCUT2D eigenvalue weighted by Crippen LogP contribution is -2.52. The Hall–Kier alpha value is -0.770. The van der Waals surface area contributed by atoms with Crippen LogP contribution >= 0.6 is 11.6 Å². The molecule has 2 N–H and O–H groups in total. The molecule has 6 nitrogen and oxygen atoms in total. The first-order chi connectivity index (χ1) is 9.83. The second-order valence-corrected chi connectivity index (χ2v) is 6.99. The fourth-order valence-corrected chi connectivity index (χ4v) is 3.62. The van der Waals surface area contributed by atoms with Crippen molar-refractivity contribution in [2.24, 2.45) is 0 Å². The topological polar surface area (TPSA) is 72.9 Å². The molecule has 1 fully saturated rings. The van der Waals surface area contributed by atoms with Gasteiger partial charge in [-0.05, 0) is 19.2 Å². The molecule has 0 amide bonds. The average molecular weight is 338 g/mol. The molecule has 0 radical (unpaired) electrons. The van der Waals surface area contributed by atoms with Crippen molar-refractivity contribution >= 4 is 21.6 Å². The number of benzene rings is 1. The minimum Gasteiger partial charge on any atom is -0.392 e. The number of piperazine rings is 1. The molecule has 9 heteroatoms. The van der Waals surface area contributed by atoms with E-state index in [9.17, 15) is 12.8 Å². The molecule has 1 aromatic carbocycles. The number of aliphatic hydroxyl groups excluding tert-OH is 1. The van der Waals surface area contributed by atoms with Crippen molar-refractivity contribution in [3.05, 3.63) is 28.5 Å². The summed E-state index contributed by atoms with van der Waals surface area (Å²) in [5.41, 5.74) is -0.152. The average Bonchev–Trinajstić information content (AvgIpc) is 2.43. The summed E-state index contributed by atoms with van der Waals surface area (Å²) in [6.45, 7) is 1.81. The second kappa shape index (κ2) is 6.55. The molecular formula is C12H17ClFN3O3S. The molecule has 118 valence electrons. The van der Waals surface area contributed by atoms with E-state index < -0.39 is 27.3 Å². The number of hydrogen-bond donors (Lipinski definition) is 2. The summed E-state index contributed by atoms with van der Waals surface area (Å²) in [5.74, 6) is -0.983. The molecule has 0 saturated carbocycles. The van der Waals surface area contributed by atoms with Gasteiger partial charge in [-0.25, -0.2) is 17.8 Å². The van der Waals surface area contributed by atoms with Gasteiger partial charge < -0.3 is 10.0 Å². The second-order valence-electron chi connectivity index (χ2n) is 4.92. The number of halogens is 2. The van der Waals surface area contributed by atoms with Crippen molar-refractivity contribution in [2.75, 3.05) is 33.2 Å². The summed E-state index contributed by atoms with van der Waals surface area (Å²) in [6, 6.07) is 2.24. The Morgan fingerprint density at radius 1 is 1.33 bits per heavy atom. The van der Waals surface area contributed by atoms with E-state index in [0.29, 0.717) is 26.2 Å². The van der Waals surface area contributed by atoms with Crippen molar-refractivity contribution in [3.8, 4) is 0 Å². The Labute approximate surface area is 128 Å². The Balaban J connectivity index is 2.25. The molecule has 2 rings (SSSR count). The van der Waals surface area contributed by atoms with Gasteiger partial charge in [0.25, 0.3) is 10.0 Å². The number of nitrogens with one attached hydrogen (secondary N) is 1. The van der Waals surface area contributed by atoms with Gasteiger partial charge in [0.1, 0.15) is 10.7 Å². The van der Waals surface area contributed by atoms with E-state index in [0.717, 1.165) is 6.07 Å². The molecule has 1 aliphatic rings. The zero-order valence-corrected chi connectivity index (χ0v) is 13.1. The Morgan fingerprint density at radius 2 is 1.95 bits per heavy atom. The maximum atomic E-state index is 14.1. The van der Waals surface area contributed by atoms with Crippen LogP contribution < -0.4 is 4.83 Å². The standard InChI is InChI=1S/C12H17ClFN3O3S/c1-16-2-4-17(5-3-16)15-21(19,20)11-7-10(13)6-9(8-18)12(11)14/h6-7,15,18H,2-5,8H2,1H3. The van der Waals surface area contributed by atoms with Crippen LogP contribution in [-0.4, -0.2) is 56.7 Å². The molecule has 0 atom stereocenters. The number of aliphatic hydroxyl groups is 1. The largest absolute Gasteiger partial charge is 0.392 e. The molecule has 1 saturated heterocycles. The van der Waals surface area contributed by atoms with Crippen LogP contribution in [0.1, 0.15) is 5.56 Å². The molecule has 1 aromatic rings. The first-order valence-corrected chi connectivity index (χ1v) is 8.24. The molecule has 0 bridgehead atoms. The highest BCUT2D eigenvalue weighted by Crippen LogP contribution is 2.24. The molecule has 0 aliphatic carbocycles. The fourth-order valence-electron chi connectivity index (χ4n) is 2.05. The molecule has 1 heterocycles. The minimum atomic E-state index is -4.08. The summed E-state index contributed by atoms with van der Waals surface area (Å²) >= 11 is 5.78. The van der Waals surface area contributed by atoms with E-state index in [1.165, 1.54) is 11.1 Å². The van der Waals surface area contributed by atoms with Crippen LogP contribution in [0.5, 0.6) is 0 Å². The predicted molar refractivity (Wildman–Crippen MR) is 76.7 cm³/mol. The van der Waals surface area contributed by atoms with Gasteiger partial charge >= 0.3 is 0 Å². The van der Waals surface area contributed by atoms with Crippen LogP contribution in [-0.2, 0) is 16.6 Å². The van der Waals surface area contributed by atoms with Gasteiger partial charge in [0.2, 0.25) is 0 Å². The lowest BCUT2D eigenvalue weighted by Gasteiger charge is -2.32. The van der Waals surface area contributed by atoms with Crippen molar-refractivity contribution in [2.45, 2.75) is 11.5 Å². The molecule has 21 heavy (non-hydrogen) atoms. The number of rotatable bonds is 4. The number of sulfonamides is 1. The molecule has 0 spiro atoms. The minimum absolute atomic E-state index is 0.0548. The van der Waals surface area contributed by atoms with E-state index in [4.69, 9.17) is 16.7 Å². The Bertz CT molecular complexity index is 618. The van der Waals surface area contributed by atoms with Gasteiger partial charge in [0.05, 0.1) is 6.61 Å². The Morgan fingerprint density at radius 3 is 2.52 bits per heavy atom. The third kappa shape index (κ3) is 3.91. The van der Waals surface area contributed by atoms with Crippen LogP contribution in [0.2, 0.25) is 5.02 Å². The zero-order valence-electron chi connectivity index (χ0n) is 11.5. The van der Waals surface area contributed by atoms with Crippen LogP contribution in [0.25, 0.3) is 0 Å². The molecule has 0 unspecified atom stereocenters. The maximum absolute atomic E-state index is 14.1. The van der Waals surface area contributed by atoms with Gasteiger partial charge in [0.15, 0.2) is 0 Å². The zero-order chi connectivity index (χ0) is 15.6. The van der Waals surface area contributed by atoms with Crippen molar-refractivity contribution in [3.63, 3.8) is 0 Å². The quantitative estimate of drug-likeness (QED) is 0.832. The van der Waals surface area contributed by atoms with E-state index >= 15 is 0 Å². The molecule has 1 aliphatic heterocycles. The SMILES string of the molecule is CN1CCN(NS(=O)(=O)c2cc(Cl)cc(CO)c2F)CC1. The third-order valence-corrected chi connectivity index (χ3v) is 4.88. The van der Waals surface area contributed by atoms with Crippen LogP contribution in [0, 0.1) is 5.82 Å². The summed E-state index contributed by atoms with van der Waals surface area (Å²) in [6.07, 6.45) is 0. The maximum Gasteiger partial charge on any atom is 0.256 e. The van der Waals surface area contributed by atoms with Gasteiger partial charge in [-0.15, -0.1) is 4.83 Å². The molecule has 0 aromatic heterocycles. The van der Waals surface area contributed by atoms with Crippen molar-refractivity contribution in [1.29, 1.82) is 0 Å². The number of nitrogens with zero attached hydrogens (tertiary/aromatic N) is 2. The normalized spacial score (nSPS) is 18.1. The van der Waals surface area contributed by atoms with Gasteiger partial charge in [-0.3, -0.25) is 0 Å². The fraction of sp³-hybridized carbons (Fsp3) is 0.500. The summed E-state index contributed by atoms with van der Waals surface area (Å²) < 4.78 is 38.7. The van der Waals surface area contributed by atoms with Crippen LogP contribution in [0.3, 0.4) is 0 Å². The van der Waals surface area contributed by atoms with Crippen molar-refractivity contribution in [1.82, 2.24) is 14.7 Å². The third-order valence-electron chi connectivity index (χ3n) is 3.29. The van der Waals surface area contributed by atoms with Gasteiger partial charge in [0, 0.05) is 36.8 Å². The summed E-state index contributed by atoms with van der Waals surface area (Å²) in [4.78, 5) is 3.86. The van der Waals surface area contributed by atoms with Crippen molar-refractivity contribution < 1.29 is 17.9 Å². The lowest BCUT2D eigenvalue weighted by atomic mass is 10.2. The first kappa shape index (κ1) is 16.6. The van der Waals surface area contributed by atoms with E-state index in [-0.39, 0.29) is 10.6 Å². The Kier molecular flexibility index (Phi) is 5.18.